The molecular formula is C10H10Cl2N2S3. The maximum absolute atomic E-state index is 5.71. The first-order valence-corrected chi connectivity index (χ1v) is 8.86. The highest BCUT2D eigenvalue weighted by Crippen LogP contribution is 2.23. The van der Waals surface area contributed by atoms with Crippen LogP contribution < -0.4 is 0 Å². The molecule has 0 bridgehead atoms. The van der Waals surface area contributed by atoms with Gasteiger partial charge < -0.3 is 0 Å². The van der Waals surface area contributed by atoms with E-state index in [1.807, 2.05) is 22.5 Å². The summed E-state index contributed by atoms with van der Waals surface area (Å²) < 4.78 is 0. The highest BCUT2D eigenvalue weighted by molar-refractivity contribution is 7.97. The summed E-state index contributed by atoms with van der Waals surface area (Å²) >= 11 is 16.6. The summed E-state index contributed by atoms with van der Waals surface area (Å²) in [4.78, 5) is 8.82. The van der Waals surface area contributed by atoms with Crippen LogP contribution in [0.4, 0.5) is 0 Å². The molecule has 0 aliphatic rings. The van der Waals surface area contributed by atoms with Gasteiger partial charge in [0.25, 0.3) is 0 Å². The number of alkyl halides is 2. The normalized spacial score (nSPS) is 10.9. The van der Waals surface area contributed by atoms with E-state index in [4.69, 9.17) is 23.2 Å². The monoisotopic (exact) mass is 324 g/mol. The van der Waals surface area contributed by atoms with Gasteiger partial charge >= 0.3 is 0 Å². The van der Waals surface area contributed by atoms with Gasteiger partial charge in [0.15, 0.2) is 0 Å². The van der Waals surface area contributed by atoms with E-state index in [1.165, 1.54) is 0 Å². The molecule has 2 aromatic heterocycles. The van der Waals surface area contributed by atoms with Gasteiger partial charge in [0.2, 0.25) is 0 Å². The molecule has 0 aromatic carbocycles. The zero-order valence-corrected chi connectivity index (χ0v) is 12.8. The molecule has 2 aromatic rings. The quantitative estimate of drug-likeness (QED) is 0.731. The van der Waals surface area contributed by atoms with Gasteiger partial charge in [0, 0.05) is 22.3 Å². The molecule has 0 saturated carbocycles. The molecular weight excluding hydrogens is 315 g/mol. The van der Waals surface area contributed by atoms with Crippen LogP contribution in [0.1, 0.15) is 21.4 Å². The Hall–Kier alpha value is 0.190. The van der Waals surface area contributed by atoms with Crippen molar-refractivity contribution in [2.24, 2.45) is 0 Å². The molecule has 0 spiro atoms. The van der Waals surface area contributed by atoms with Gasteiger partial charge in [-0.05, 0) is 0 Å². The molecule has 0 aliphatic carbocycles. The molecule has 0 aliphatic heterocycles. The molecule has 2 nitrogen and oxygen atoms in total. The van der Waals surface area contributed by atoms with Crippen LogP contribution in [-0.2, 0) is 23.3 Å². The summed E-state index contributed by atoms with van der Waals surface area (Å²) in [5, 5.41) is 6.27. The summed E-state index contributed by atoms with van der Waals surface area (Å²) in [7, 11) is 0. The van der Waals surface area contributed by atoms with E-state index in [0.29, 0.717) is 11.8 Å². The van der Waals surface area contributed by atoms with Gasteiger partial charge in [-0.25, -0.2) is 9.97 Å². The Morgan fingerprint density at radius 2 is 1.41 bits per heavy atom. The lowest BCUT2D eigenvalue weighted by Crippen LogP contribution is -1.84. The van der Waals surface area contributed by atoms with Crippen molar-refractivity contribution in [3.05, 3.63) is 32.2 Å². The fourth-order valence-corrected chi connectivity index (χ4v) is 4.42. The molecule has 0 atom stereocenters. The van der Waals surface area contributed by atoms with Gasteiger partial charge in [-0.3, -0.25) is 0 Å². The Morgan fingerprint density at radius 1 is 0.941 bits per heavy atom. The van der Waals surface area contributed by atoms with Gasteiger partial charge in [0.05, 0.1) is 23.1 Å². The molecule has 17 heavy (non-hydrogen) atoms. The van der Waals surface area contributed by atoms with Gasteiger partial charge in [-0.1, -0.05) is 0 Å². The summed E-state index contributed by atoms with van der Waals surface area (Å²) in [5.74, 6) is 2.81. The lowest BCUT2D eigenvalue weighted by atomic mass is 10.6. The first kappa shape index (κ1) is 13.6. The van der Waals surface area contributed by atoms with Crippen LogP contribution in [0, 0.1) is 0 Å². The van der Waals surface area contributed by atoms with E-state index in [9.17, 15) is 0 Å². The largest absolute Gasteiger partial charge is 0.244 e. The molecule has 0 unspecified atom stereocenters. The van der Waals surface area contributed by atoms with E-state index < -0.39 is 0 Å². The number of hydrogen-bond donors (Lipinski definition) is 0. The Bertz CT molecular complexity index is 427. The van der Waals surface area contributed by atoms with Crippen LogP contribution >= 0.6 is 57.6 Å². The summed E-state index contributed by atoms with van der Waals surface area (Å²) in [6, 6.07) is 0. The van der Waals surface area contributed by atoms with Crippen molar-refractivity contribution >= 4 is 57.6 Å². The Balaban J connectivity index is 1.79. The van der Waals surface area contributed by atoms with E-state index >= 15 is 0 Å². The molecule has 2 heterocycles. The third-order valence-electron chi connectivity index (χ3n) is 1.92. The summed E-state index contributed by atoms with van der Waals surface area (Å²) in [6.07, 6.45) is 0. The van der Waals surface area contributed by atoms with Gasteiger partial charge in [-0.15, -0.1) is 57.6 Å². The number of thioether (sulfide) groups is 1. The van der Waals surface area contributed by atoms with Crippen molar-refractivity contribution in [1.82, 2.24) is 9.97 Å². The minimum atomic E-state index is 0.493. The van der Waals surface area contributed by atoms with Crippen molar-refractivity contribution in [3.8, 4) is 0 Å². The third-order valence-corrected chi connectivity index (χ3v) is 5.59. The Labute approximate surface area is 122 Å². The summed E-state index contributed by atoms with van der Waals surface area (Å²) in [6.45, 7) is 0. The topological polar surface area (TPSA) is 25.8 Å². The van der Waals surface area contributed by atoms with E-state index in [0.717, 1.165) is 32.9 Å². The Morgan fingerprint density at radius 3 is 1.76 bits per heavy atom. The molecule has 92 valence electrons. The lowest BCUT2D eigenvalue weighted by Gasteiger charge is -1.95. The van der Waals surface area contributed by atoms with Crippen molar-refractivity contribution in [2.75, 3.05) is 0 Å². The predicted octanol–water partition coefficient (Wildman–Crippen LogP) is 4.51. The van der Waals surface area contributed by atoms with Crippen molar-refractivity contribution in [1.29, 1.82) is 0 Å². The number of aromatic nitrogens is 2. The average molecular weight is 325 g/mol. The zero-order valence-electron chi connectivity index (χ0n) is 8.86. The third kappa shape index (κ3) is 4.10. The highest BCUT2D eigenvalue weighted by Gasteiger charge is 2.04. The van der Waals surface area contributed by atoms with Gasteiger partial charge in [0.1, 0.15) is 10.0 Å². The number of halogens is 2. The molecule has 0 N–H and O–H groups in total. The van der Waals surface area contributed by atoms with Crippen LogP contribution in [0.5, 0.6) is 0 Å². The molecule has 0 radical (unpaired) electrons. The smallest absolute Gasteiger partial charge is 0.103 e. The highest BCUT2D eigenvalue weighted by atomic mass is 35.5. The van der Waals surface area contributed by atoms with Crippen LogP contribution in [0.2, 0.25) is 0 Å². The molecule has 0 amide bonds. The molecule has 7 heteroatoms. The first-order chi connectivity index (χ1) is 8.31. The predicted molar refractivity (Wildman–Crippen MR) is 78.3 cm³/mol. The van der Waals surface area contributed by atoms with Crippen LogP contribution in [0.3, 0.4) is 0 Å². The number of nitrogens with zero attached hydrogens (tertiary/aromatic N) is 2. The minimum absolute atomic E-state index is 0.493. The van der Waals surface area contributed by atoms with Crippen LogP contribution in [0.15, 0.2) is 10.8 Å². The summed E-state index contributed by atoms with van der Waals surface area (Å²) in [5.41, 5.74) is 1.93. The van der Waals surface area contributed by atoms with Crippen molar-refractivity contribution in [3.63, 3.8) is 0 Å². The van der Waals surface area contributed by atoms with Crippen molar-refractivity contribution in [2.45, 2.75) is 23.3 Å². The second-order valence-electron chi connectivity index (χ2n) is 3.23. The number of rotatable bonds is 6. The lowest BCUT2D eigenvalue weighted by molar-refractivity contribution is 1.15. The molecule has 0 saturated heterocycles. The van der Waals surface area contributed by atoms with E-state index in [-0.39, 0.29) is 0 Å². The molecule has 2 rings (SSSR count). The maximum atomic E-state index is 5.71. The molecule has 0 fully saturated rings. The second kappa shape index (κ2) is 6.95. The zero-order chi connectivity index (χ0) is 12.1. The van der Waals surface area contributed by atoms with Crippen molar-refractivity contribution < 1.29 is 0 Å². The van der Waals surface area contributed by atoms with Gasteiger partial charge in [-0.2, -0.15) is 0 Å². The fraction of sp³-hybridized carbons (Fsp3) is 0.400. The fourth-order valence-electron chi connectivity index (χ4n) is 1.18. The maximum Gasteiger partial charge on any atom is 0.103 e. The number of thiazole rings is 2. The minimum Gasteiger partial charge on any atom is -0.244 e. The standard InChI is InChI=1S/C10H10Cl2N2S3/c11-1-7-3-16-9(13-7)5-15-6-10-14-8(2-12)4-17-10/h3-4H,1-2,5-6H2. The SMILES string of the molecule is ClCc1csc(CSCc2nc(CCl)cs2)n1. The first-order valence-electron chi connectivity index (χ1n) is 4.88. The van der Waals surface area contributed by atoms with Crippen LogP contribution in [0.25, 0.3) is 0 Å². The van der Waals surface area contributed by atoms with Crippen LogP contribution in [-0.4, -0.2) is 9.97 Å². The number of hydrogen-bond acceptors (Lipinski definition) is 5. The van der Waals surface area contributed by atoms with E-state index in [2.05, 4.69) is 9.97 Å². The average Bonchev–Trinajstić information content (AvgIpc) is 2.97. The Kier molecular flexibility index (Phi) is 5.56. The van der Waals surface area contributed by atoms with E-state index in [1.54, 1.807) is 22.7 Å². The second-order valence-corrected chi connectivity index (χ2v) is 6.63.